The first-order chi connectivity index (χ1) is 21.2. The van der Waals surface area contributed by atoms with Crippen LogP contribution in [0.25, 0.3) is 16.9 Å². The Hall–Kier alpha value is -5.01. The highest BCUT2D eigenvalue weighted by atomic mass is 16.5. The van der Waals surface area contributed by atoms with Crippen LogP contribution in [-0.2, 0) is 30.3 Å². The number of hydrogen-bond donors (Lipinski definition) is 6. The third-order valence-corrected chi connectivity index (χ3v) is 8.74. The SMILES string of the molecule is CCOC(=O)CNC(=O)c1cccc(-c2ccc(O)c3c2CC2CC4C(N(C)C)C(=O)C(C(N)=O)=C(O)C4(O)C(=O)C2=C3O)c1. The molecule has 0 aliphatic heterocycles. The van der Waals surface area contributed by atoms with Gasteiger partial charge in [0, 0.05) is 17.1 Å². The molecular formula is C32H33N3O10. The molecule has 0 spiro atoms. The summed E-state index contributed by atoms with van der Waals surface area (Å²) >= 11 is 0. The molecule has 2 aromatic rings. The molecule has 5 rings (SSSR count). The number of ether oxygens (including phenoxy) is 1. The predicted octanol–water partition coefficient (Wildman–Crippen LogP) is 0.924. The minimum Gasteiger partial charge on any atom is -0.508 e. The molecule has 13 heteroatoms. The number of carbonyl (C=O) groups excluding carboxylic acids is 5. The van der Waals surface area contributed by atoms with Gasteiger partial charge < -0.3 is 36.2 Å². The normalized spacial score (nSPS) is 24.2. The van der Waals surface area contributed by atoms with E-state index in [-0.39, 0.29) is 48.4 Å². The van der Waals surface area contributed by atoms with E-state index in [1.807, 2.05) is 0 Å². The number of aliphatic hydroxyl groups excluding tert-OH is 2. The van der Waals surface area contributed by atoms with Crippen LogP contribution in [0, 0.1) is 11.8 Å². The molecule has 0 radical (unpaired) electrons. The summed E-state index contributed by atoms with van der Waals surface area (Å²) in [7, 11) is 3.05. The fourth-order valence-corrected chi connectivity index (χ4v) is 6.81. The first kappa shape index (κ1) is 31.4. The molecule has 0 heterocycles. The summed E-state index contributed by atoms with van der Waals surface area (Å²) in [6, 6.07) is 8.18. The van der Waals surface area contributed by atoms with Crippen molar-refractivity contribution in [2.75, 3.05) is 27.2 Å². The second-order valence-electron chi connectivity index (χ2n) is 11.5. The zero-order valence-corrected chi connectivity index (χ0v) is 24.8. The smallest absolute Gasteiger partial charge is 0.325 e. The van der Waals surface area contributed by atoms with Crippen molar-refractivity contribution in [3.63, 3.8) is 0 Å². The highest BCUT2D eigenvalue weighted by Gasteiger charge is 2.64. The second kappa shape index (κ2) is 11.5. The Bertz CT molecular complexity index is 1730. The number of nitrogens with zero attached hydrogens (tertiary/aromatic N) is 1. The molecule has 4 atom stereocenters. The molecule has 4 unspecified atom stereocenters. The molecule has 2 aromatic carbocycles. The van der Waals surface area contributed by atoms with Crippen LogP contribution in [0.1, 0.15) is 34.8 Å². The molecule has 0 aromatic heterocycles. The summed E-state index contributed by atoms with van der Waals surface area (Å²) < 4.78 is 4.84. The topological polar surface area (TPSA) is 217 Å². The van der Waals surface area contributed by atoms with Gasteiger partial charge in [0.1, 0.15) is 29.4 Å². The summed E-state index contributed by atoms with van der Waals surface area (Å²) in [4.78, 5) is 65.4. The number of primary amides is 1. The summed E-state index contributed by atoms with van der Waals surface area (Å²) in [5.41, 5.74) is 3.17. The van der Waals surface area contributed by atoms with Crippen LogP contribution in [0.2, 0.25) is 0 Å². The summed E-state index contributed by atoms with van der Waals surface area (Å²) in [5, 5.41) is 47.6. The zero-order chi connectivity index (χ0) is 33.0. The molecule has 45 heavy (non-hydrogen) atoms. The van der Waals surface area contributed by atoms with Crippen LogP contribution in [0.5, 0.6) is 5.75 Å². The van der Waals surface area contributed by atoms with E-state index in [0.717, 1.165) is 0 Å². The van der Waals surface area contributed by atoms with Crippen molar-refractivity contribution in [1.82, 2.24) is 10.2 Å². The molecule has 3 aliphatic carbocycles. The lowest BCUT2D eigenvalue weighted by molar-refractivity contribution is -0.153. The lowest BCUT2D eigenvalue weighted by atomic mass is 9.57. The van der Waals surface area contributed by atoms with E-state index in [2.05, 4.69) is 5.32 Å². The number of esters is 1. The van der Waals surface area contributed by atoms with Gasteiger partial charge in [-0.1, -0.05) is 18.2 Å². The molecule has 1 saturated carbocycles. The van der Waals surface area contributed by atoms with Gasteiger partial charge in [0.05, 0.1) is 18.2 Å². The van der Waals surface area contributed by atoms with E-state index in [1.54, 1.807) is 37.3 Å². The number of Topliss-reactive ketones (excluding diaryl/α,β-unsaturated/α-hetero) is 2. The Morgan fingerprint density at radius 1 is 1.11 bits per heavy atom. The third-order valence-electron chi connectivity index (χ3n) is 8.74. The van der Waals surface area contributed by atoms with Crippen molar-refractivity contribution >= 4 is 35.1 Å². The monoisotopic (exact) mass is 619 g/mol. The van der Waals surface area contributed by atoms with Crippen molar-refractivity contribution in [3.8, 4) is 16.9 Å². The van der Waals surface area contributed by atoms with Gasteiger partial charge in [-0.05, 0) is 74.7 Å². The van der Waals surface area contributed by atoms with Gasteiger partial charge in [-0.2, -0.15) is 0 Å². The summed E-state index contributed by atoms with van der Waals surface area (Å²) in [6.45, 7) is 1.50. The maximum atomic E-state index is 14.0. The largest absolute Gasteiger partial charge is 0.508 e. The Balaban J connectivity index is 1.60. The van der Waals surface area contributed by atoms with Crippen LogP contribution in [0.15, 0.2) is 53.3 Å². The number of nitrogens with one attached hydrogen (secondary N) is 1. The van der Waals surface area contributed by atoms with E-state index < -0.39 is 69.9 Å². The highest BCUT2D eigenvalue weighted by molar-refractivity contribution is 6.24. The number of likely N-dealkylation sites (N-methyl/N-ethyl adjacent to an activating group) is 1. The molecule has 1 fully saturated rings. The van der Waals surface area contributed by atoms with Gasteiger partial charge in [-0.3, -0.25) is 28.9 Å². The molecule has 7 N–H and O–H groups in total. The number of amides is 2. The minimum atomic E-state index is -2.73. The number of hydrogen-bond acceptors (Lipinski definition) is 11. The number of rotatable bonds is 7. The number of nitrogens with two attached hydrogens (primary N) is 1. The van der Waals surface area contributed by atoms with Crippen LogP contribution < -0.4 is 11.1 Å². The summed E-state index contributed by atoms with van der Waals surface area (Å²) in [5.74, 6) is -8.46. The minimum absolute atomic E-state index is 0.0584. The first-order valence-corrected chi connectivity index (χ1v) is 14.3. The van der Waals surface area contributed by atoms with Crippen LogP contribution in [-0.4, -0.2) is 93.6 Å². The Kier molecular flexibility index (Phi) is 8.02. The van der Waals surface area contributed by atoms with Crippen molar-refractivity contribution < 1.29 is 49.1 Å². The molecule has 13 nitrogen and oxygen atoms in total. The zero-order valence-electron chi connectivity index (χ0n) is 24.8. The number of phenolic OH excluding ortho intramolecular Hbond substituents is 1. The number of fused-ring (bicyclic) bond motifs is 3. The van der Waals surface area contributed by atoms with E-state index in [4.69, 9.17) is 10.5 Å². The van der Waals surface area contributed by atoms with E-state index in [0.29, 0.717) is 16.7 Å². The van der Waals surface area contributed by atoms with Crippen LogP contribution >= 0.6 is 0 Å². The van der Waals surface area contributed by atoms with E-state index in [1.165, 1.54) is 25.1 Å². The molecule has 0 bridgehead atoms. The average Bonchev–Trinajstić information content (AvgIpc) is 2.97. The lowest BCUT2D eigenvalue weighted by Crippen LogP contribution is -2.65. The molecular weight excluding hydrogens is 586 g/mol. The lowest BCUT2D eigenvalue weighted by Gasteiger charge is -2.50. The van der Waals surface area contributed by atoms with Crippen LogP contribution in [0.4, 0.5) is 0 Å². The fraction of sp³-hybridized carbons (Fsp3) is 0.344. The number of aromatic hydroxyl groups is 1. The van der Waals surface area contributed by atoms with Gasteiger partial charge >= 0.3 is 5.97 Å². The van der Waals surface area contributed by atoms with Crippen molar-refractivity contribution in [2.24, 2.45) is 17.6 Å². The third kappa shape index (κ3) is 4.93. The number of carbonyl (C=O) groups is 5. The van der Waals surface area contributed by atoms with Crippen molar-refractivity contribution in [1.29, 1.82) is 0 Å². The average molecular weight is 620 g/mol. The summed E-state index contributed by atoms with van der Waals surface area (Å²) in [6.07, 6.45) is 0.0225. The van der Waals surface area contributed by atoms with Crippen molar-refractivity contribution in [3.05, 3.63) is 70.0 Å². The number of aliphatic hydroxyl groups is 3. The van der Waals surface area contributed by atoms with Gasteiger partial charge in [0.2, 0.25) is 5.78 Å². The quantitative estimate of drug-likeness (QED) is 0.189. The Labute approximate surface area is 257 Å². The van der Waals surface area contributed by atoms with Crippen molar-refractivity contribution in [2.45, 2.75) is 31.4 Å². The Morgan fingerprint density at radius 3 is 2.47 bits per heavy atom. The molecule has 236 valence electrons. The highest BCUT2D eigenvalue weighted by Crippen LogP contribution is 2.53. The molecule has 0 saturated heterocycles. The number of phenols is 1. The Morgan fingerprint density at radius 2 is 1.82 bits per heavy atom. The van der Waals surface area contributed by atoms with Gasteiger partial charge in [-0.25, -0.2) is 0 Å². The predicted molar refractivity (Wildman–Crippen MR) is 159 cm³/mol. The standard InChI is InChI=1S/C32H33N3O10/c1-4-45-21(37)13-34-31(43)15-7-5-6-14(10-15)17-8-9-20(36)23-18(17)11-16-12-19-25(35(2)3)27(39)24(30(33)42)29(41)32(19,44)28(40)22(16)26(23)38/h5-10,16,19,25,36,38,41,44H,4,11-13H2,1-3H3,(H2,33,42)(H,34,43). The van der Waals surface area contributed by atoms with Crippen LogP contribution in [0.3, 0.4) is 0 Å². The number of benzene rings is 2. The maximum absolute atomic E-state index is 14.0. The maximum Gasteiger partial charge on any atom is 0.325 e. The first-order valence-electron chi connectivity index (χ1n) is 14.3. The second-order valence-corrected chi connectivity index (χ2v) is 11.5. The number of ketones is 2. The van der Waals surface area contributed by atoms with Gasteiger partial charge in [-0.15, -0.1) is 0 Å². The molecule has 2 amide bonds. The van der Waals surface area contributed by atoms with E-state index >= 15 is 0 Å². The van der Waals surface area contributed by atoms with Gasteiger partial charge in [0.25, 0.3) is 11.8 Å². The van der Waals surface area contributed by atoms with E-state index in [9.17, 15) is 44.4 Å². The fourth-order valence-electron chi connectivity index (χ4n) is 6.81. The molecule has 3 aliphatic rings. The van der Waals surface area contributed by atoms with Gasteiger partial charge in [0.15, 0.2) is 11.4 Å².